The summed E-state index contributed by atoms with van der Waals surface area (Å²) in [6, 6.07) is 23.0. The first-order chi connectivity index (χ1) is 15.1. The normalized spacial score (nSPS) is 17.8. The van der Waals surface area contributed by atoms with Crippen LogP contribution in [0.5, 0.6) is 11.5 Å². The van der Waals surface area contributed by atoms with Gasteiger partial charge in [-0.1, -0.05) is 36.4 Å². The van der Waals surface area contributed by atoms with Gasteiger partial charge in [0.25, 0.3) is 0 Å². The third-order valence-corrected chi connectivity index (χ3v) is 6.11. The van der Waals surface area contributed by atoms with Gasteiger partial charge >= 0.3 is 0 Å². The molecule has 1 saturated heterocycles. The van der Waals surface area contributed by atoms with Gasteiger partial charge in [-0.05, 0) is 65.9 Å². The van der Waals surface area contributed by atoms with Gasteiger partial charge in [0.15, 0.2) is 0 Å². The Balaban J connectivity index is 1.10. The van der Waals surface area contributed by atoms with Crippen molar-refractivity contribution in [3.8, 4) is 11.5 Å². The number of amides is 1. The number of carbonyl (C=O) groups is 1. The molecule has 3 aromatic carbocycles. The number of halogens is 1. The Bertz CT molecular complexity index is 1060. The van der Waals surface area contributed by atoms with Crippen LogP contribution in [0.3, 0.4) is 0 Å². The minimum atomic E-state index is -0.167. The van der Waals surface area contributed by atoms with Gasteiger partial charge in [0.05, 0.1) is 6.42 Å². The molecule has 1 aliphatic heterocycles. The van der Waals surface area contributed by atoms with E-state index < -0.39 is 0 Å². The number of nitrogens with one attached hydrogen (secondary N) is 1. The van der Waals surface area contributed by atoms with Crippen molar-refractivity contribution in [1.29, 1.82) is 0 Å². The molecule has 0 saturated carbocycles. The molecule has 1 heterocycles. The maximum absolute atomic E-state index is 13.4. The summed E-state index contributed by atoms with van der Waals surface area (Å²) in [7, 11) is 0. The summed E-state index contributed by atoms with van der Waals surface area (Å²) in [6.45, 7) is 1.45. The maximum atomic E-state index is 13.4. The molecule has 0 spiro atoms. The molecular weight excluding hydrogens is 391 g/mol. The van der Waals surface area contributed by atoms with E-state index in [1.54, 1.807) is 6.07 Å². The summed E-state index contributed by atoms with van der Waals surface area (Å²) < 4.78 is 19.2. The summed E-state index contributed by atoms with van der Waals surface area (Å²) in [5, 5.41) is 3.64. The fourth-order valence-corrected chi connectivity index (χ4v) is 4.42. The van der Waals surface area contributed by atoms with E-state index in [4.69, 9.17) is 4.74 Å². The molecule has 1 aliphatic carbocycles. The first-order valence-electron chi connectivity index (χ1n) is 10.8. The van der Waals surface area contributed by atoms with Crippen molar-refractivity contribution in [3.05, 3.63) is 95.3 Å². The van der Waals surface area contributed by atoms with E-state index in [1.165, 1.54) is 11.6 Å². The number of carbonyl (C=O) groups excluding carboxylic acids is 1. The number of aryl methyl sites for hydroxylation is 1. The van der Waals surface area contributed by atoms with E-state index in [9.17, 15) is 9.18 Å². The van der Waals surface area contributed by atoms with E-state index in [0.717, 1.165) is 48.6 Å². The lowest BCUT2D eigenvalue weighted by molar-refractivity contribution is -0.135. The molecule has 0 bridgehead atoms. The van der Waals surface area contributed by atoms with Crippen LogP contribution in [0.4, 0.5) is 4.39 Å². The molecule has 1 atom stereocenters. The van der Waals surface area contributed by atoms with Crippen LogP contribution in [0.25, 0.3) is 0 Å². The summed E-state index contributed by atoms with van der Waals surface area (Å²) in [4.78, 5) is 14.5. The zero-order valence-electron chi connectivity index (χ0n) is 17.3. The van der Waals surface area contributed by atoms with E-state index >= 15 is 0 Å². The molecule has 1 fully saturated rings. The van der Waals surface area contributed by atoms with Crippen molar-refractivity contribution in [1.82, 2.24) is 10.2 Å². The third kappa shape index (κ3) is 4.47. The minimum Gasteiger partial charge on any atom is -0.457 e. The second kappa shape index (κ2) is 8.52. The molecular formula is C26H25FN2O2. The van der Waals surface area contributed by atoms with Crippen molar-refractivity contribution >= 4 is 5.91 Å². The number of benzene rings is 3. The molecule has 158 valence electrons. The zero-order chi connectivity index (χ0) is 21.2. The van der Waals surface area contributed by atoms with Crippen LogP contribution in [0, 0.1) is 5.82 Å². The van der Waals surface area contributed by atoms with E-state index in [0.29, 0.717) is 12.5 Å². The first-order valence-corrected chi connectivity index (χ1v) is 10.8. The fourth-order valence-electron chi connectivity index (χ4n) is 4.42. The SMILES string of the molecule is O=C(Cc1ccc(Oc2ccccc2)cc1)N1CC(NC2CCc3cc(F)ccc32)C1. The highest BCUT2D eigenvalue weighted by Crippen LogP contribution is 2.32. The Morgan fingerprint density at radius 1 is 1.00 bits per heavy atom. The molecule has 0 radical (unpaired) electrons. The van der Waals surface area contributed by atoms with Crippen LogP contribution < -0.4 is 10.1 Å². The molecule has 1 amide bonds. The predicted molar refractivity (Wildman–Crippen MR) is 118 cm³/mol. The second-order valence-electron chi connectivity index (χ2n) is 8.33. The highest BCUT2D eigenvalue weighted by molar-refractivity contribution is 5.79. The number of hydrogen-bond donors (Lipinski definition) is 1. The van der Waals surface area contributed by atoms with Gasteiger partial charge in [-0.25, -0.2) is 4.39 Å². The topological polar surface area (TPSA) is 41.6 Å². The third-order valence-electron chi connectivity index (χ3n) is 6.11. The highest BCUT2D eigenvalue weighted by atomic mass is 19.1. The van der Waals surface area contributed by atoms with Gasteiger partial charge < -0.3 is 15.0 Å². The number of ether oxygens (including phenoxy) is 1. The lowest BCUT2D eigenvalue weighted by Crippen LogP contribution is -2.60. The molecule has 0 aromatic heterocycles. The second-order valence-corrected chi connectivity index (χ2v) is 8.33. The van der Waals surface area contributed by atoms with Gasteiger partial charge in [-0.2, -0.15) is 0 Å². The number of rotatable bonds is 6. The Morgan fingerprint density at radius 2 is 1.74 bits per heavy atom. The van der Waals surface area contributed by atoms with Crippen LogP contribution in [0.2, 0.25) is 0 Å². The standard InChI is InChI=1S/C26H25FN2O2/c27-20-9-12-24-19(15-20)8-13-25(24)28-21-16-29(17-21)26(30)14-18-6-10-23(11-7-18)31-22-4-2-1-3-5-22/h1-7,9-12,15,21,25,28H,8,13-14,16-17H2. The predicted octanol–water partition coefficient (Wildman–Crippen LogP) is 4.65. The fraction of sp³-hybridized carbons (Fsp3) is 0.269. The molecule has 3 aromatic rings. The van der Waals surface area contributed by atoms with Crippen LogP contribution in [0.1, 0.15) is 29.2 Å². The Morgan fingerprint density at radius 3 is 2.52 bits per heavy atom. The molecule has 1 N–H and O–H groups in total. The van der Waals surface area contributed by atoms with Gasteiger partial charge in [0.2, 0.25) is 5.91 Å². The highest BCUT2D eigenvalue weighted by Gasteiger charge is 2.33. The van der Waals surface area contributed by atoms with E-state index in [2.05, 4.69) is 5.32 Å². The maximum Gasteiger partial charge on any atom is 0.227 e. The minimum absolute atomic E-state index is 0.142. The Hall–Kier alpha value is -3.18. The lowest BCUT2D eigenvalue weighted by Gasteiger charge is -2.41. The zero-order valence-corrected chi connectivity index (χ0v) is 17.3. The average Bonchev–Trinajstić information content (AvgIpc) is 3.14. The average molecular weight is 416 g/mol. The number of nitrogens with zero attached hydrogens (tertiary/aromatic N) is 1. The van der Waals surface area contributed by atoms with Crippen LogP contribution in [0.15, 0.2) is 72.8 Å². The monoisotopic (exact) mass is 416 g/mol. The van der Waals surface area contributed by atoms with Crippen LogP contribution in [-0.4, -0.2) is 29.9 Å². The van der Waals surface area contributed by atoms with E-state index in [-0.39, 0.29) is 17.8 Å². The van der Waals surface area contributed by atoms with Crippen LogP contribution >= 0.6 is 0 Å². The van der Waals surface area contributed by atoms with Gasteiger partial charge in [-0.3, -0.25) is 4.79 Å². The molecule has 4 nitrogen and oxygen atoms in total. The summed E-state index contributed by atoms with van der Waals surface area (Å²) in [6.07, 6.45) is 2.29. The van der Waals surface area contributed by atoms with Crippen LogP contribution in [-0.2, 0) is 17.6 Å². The first kappa shape index (κ1) is 19.8. The van der Waals surface area contributed by atoms with Crippen molar-refractivity contribution in [3.63, 3.8) is 0 Å². The van der Waals surface area contributed by atoms with Crippen molar-refractivity contribution < 1.29 is 13.9 Å². The number of fused-ring (bicyclic) bond motifs is 1. The van der Waals surface area contributed by atoms with Crippen molar-refractivity contribution in [2.24, 2.45) is 0 Å². The molecule has 31 heavy (non-hydrogen) atoms. The molecule has 2 aliphatic rings. The van der Waals surface area contributed by atoms with Crippen molar-refractivity contribution in [2.75, 3.05) is 13.1 Å². The Kier molecular flexibility index (Phi) is 5.43. The molecule has 1 unspecified atom stereocenters. The van der Waals surface area contributed by atoms with Gasteiger partial charge in [0.1, 0.15) is 17.3 Å². The largest absolute Gasteiger partial charge is 0.457 e. The van der Waals surface area contributed by atoms with Gasteiger partial charge in [-0.15, -0.1) is 0 Å². The van der Waals surface area contributed by atoms with E-state index in [1.807, 2.05) is 65.6 Å². The number of likely N-dealkylation sites (tertiary alicyclic amines) is 1. The number of para-hydroxylation sites is 1. The molecule has 5 heteroatoms. The van der Waals surface area contributed by atoms with Crippen molar-refractivity contribution in [2.45, 2.75) is 31.3 Å². The van der Waals surface area contributed by atoms with Gasteiger partial charge in [0, 0.05) is 25.2 Å². The quantitative estimate of drug-likeness (QED) is 0.636. The number of hydrogen-bond acceptors (Lipinski definition) is 3. The molecule has 5 rings (SSSR count). The summed E-state index contributed by atoms with van der Waals surface area (Å²) in [5.74, 6) is 1.52. The summed E-state index contributed by atoms with van der Waals surface area (Å²) >= 11 is 0. The summed E-state index contributed by atoms with van der Waals surface area (Å²) in [5.41, 5.74) is 3.28. The lowest BCUT2D eigenvalue weighted by atomic mass is 10.0. The Labute approximate surface area is 181 Å². The smallest absolute Gasteiger partial charge is 0.227 e.